The predicted octanol–water partition coefficient (Wildman–Crippen LogP) is 2.13. The Kier molecular flexibility index (Phi) is 4.74. The summed E-state index contributed by atoms with van der Waals surface area (Å²) in [5, 5.41) is 18.4. The average molecular weight is 358 g/mol. The molecule has 0 fully saturated rings. The average Bonchev–Trinajstić information content (AvgIpc) is 2.86. The van der Waals surface area contributed by atoms with Crippen molar-refractivity contribution in [2.45, 2.75) is 32.0 Å². The van der Waals surface area contributed by atoms with Crippen LogP contribution in [-0.4, -0.2) is 43.7 Å². The molecule has 0 aliphatic rings. The lowest BCUT2D eigenvalue weighted by atomic mass is 9.87. The second-order valence-electron chi connectivity index (χ2n) is 6.15. The number of halogens is 3. The number of carbonyl (C=O) groups excluding carboxylic acids is 1. The predicted molar refractivity (Wildman–Crippen MR) is 81.9 cm³/mol. The van der Waals surface area contributed by atoms with Crippen LogP contribution in [0.25, 0.3) is 11.0 Å². The van der Waals surface area contributed by atoms with Gasteiger partial charge >= 0.3 is 12.1 Å². The maximum Gasteiger partial charge on any atom is 0.422 e. The van der Waals surface area contributed by atoms with Gasteiger partial charge in [-0.2, -0.15) is 13.2 Å². The van der Waals surface area contributed by atoms with Crippen LogP contribution in [0.3, 0.4) is 0 Å². The molecular formula is C15H17F3N4O3. The zero-order valence-corrected chi connectivity index (χ0v) is 13.8. The standard InChI is InChI=1S/C15H17F3N4O3/c1-8(2)7-14(13(24)25,15(16,17)18)19-12(23)9-5-4-6-10-11(9)20-21-22(10)3/h4-6,8H,7H2,1-3H3,(H,19,23)(H,24,25). The molecule has 2 rings (SSSR count). The fourth-order valence-electron chi connectivity index (χ4n) is 2.61. The SMILES string of the molecule is CC(C)CC(NC(=O)c1cccc2c1nnn2C)(C(=O)O)C(F)(F)F. The summed E-state index contributed by atoms with van der Waals surface area (Å²) in [5.74, 6) is -3.95. The van der Waals surface area contributed by atoms with Gasteiger partial charge in [-0.25, -0.2) is 9.48 Å². The van der Waals surface area contributed by atoms with E-state index in [0.29, 0.717) is 5.52 Å². The number of nitrogens with one attached hydrogen (secondary N) is 1. The normalized spacial score (nSPS) is 14.5. The van der Waals surface area contributed by atoms with Crippen molar-refractivity contribution in [3.8, 4) is 0 Å². The van der Waals surface area contributed by atoms with Gasteiger partial charge in [0.1, 0.15) is 5.52 Å². The van der Waals surface area contributed by atoms with Crippen molar-refractivity contribution in [3.63, 3.8) is 0 Å². The summed E-state index contributed by atoms with van der Waals surface area (Å²) in [4.78, 5) is 23.9. The Hall–Kier alpha value is -2.65. The van der Waals surface area contributed by atoms with Crippen LogP contribution in [0.4, 0.5) is 13.2 Å². The van der Waals surface area contributed by atoms with Crippen LogP contribution >= 0.6 is 0 Å². The highest BCUT2D eigenvalue weighted by Crippen LogP contribution is 2.36. The fourth-order valence-corrected chi connectivity index (χ4v) is 2.61. The van der Waals surface area contributed by atoms with E-state index < -0.39 is 35.9 Å². The van der Waals surface area contributed by atoms with Crippen LogP contribution in [0, 0.1) is 5.92 Å². The molecule has 0 saturated carbocycles. The Labute approximate surface area is 140 Å². The zero-order valence-electron chi connectivity index (χ0n) is 13.8. The molecule has 0 bridgehead atoms. The summed E-state index contributed by atoms with van der Waals surface area (Å²) in [6.07, 6.45) is -5.97. The maximum absolute atomic E-state index is 13.6. The Morgan fingerprint density at radius 2 is 1.96 bits per heavy atom. The maximum atomic E-state index is 13.6. The molecule has 2 aromatic rings. The van der Waals surface area contributed by atoms with E-state index in [0.717, 1.165) is 0 Å². The molecule has 7 nitrogen and oxygen atoms in total. The number of aliphatic carboxylic acids is 1. The van der Waals surface area contributed by atoms with Gasteiger partial charge in [0, 0.05) is 7.05 Å². The van der Waals surface area contributed by atoms with E-state index in [4.69, 9.17) is 0 Å². The number of nitrogens with zero attached hydrogens (tertiary/aromatic N) is 3. The second-order valence-corrected chi connectivity index (χ2v) is 6.15. The summed E-state index contributed by atoms with van der Waals surface area (Å²) in [5.41, 5.74) is -3.04. The molecule has 136 valence electrons. The van der Waals surface area contributed by atoms with E-state index in [1.165, 1.54) is 30.7 Å². The zero-order chi connectivity index (χ0) is 19.0. The van der Waals surface area contributed by atoms with Crippen molar-refractivity contribution in [2.75, 3.05) is 0 Å². The molecule has 0 spiro atoms. The number of rotatable bonds is 5. The van der Waals surface area contributed by atoms with Gasteiger partial charge in [0.15, 0.2) is 0 Å². The van der Waals surface area contributed by atoms with Crippen molar-refractivity contribution in [3.05, 3.63) is 23.8 Å². The van der Waals surface area contributed by atoms with Crippen LogP contribution in [0.2, 0.25) is 0 Å². The summed E-state index contributed by atoms with van der Waals surface area (Å²) < 4.78 is 42.0. The highest BCUT2D eigenvalue weighted by molar-refractivity contribution is 6.06. The van der Waals surface area contributed by atoms with Gasteiger partial charge in [-0.1, -0.05) is 25.1 Å². The first-order valence-corrected chi connectivity index (χ1v) is 7.40. The number of carboxylic acids is 1. The molecule has 0 saturated heterocycles. The summed E-state index contributed by atoms with van der Waals surface area (Å²) >= 11 is 0. The smallest absolute Gasteiger partial charge is 0.422 e. The largest absolute Gasteiger partial charge is 0.479 e. The quantitative estimate of drug-likeness (QED) is 0.853. The number of fused-ring (bicyclic) bond motifs is 1. The molecule has 1 aromatic heterocycles. The van der Waals surface area contributed by atoms with Gasteiger partial charge in [0.2, 0.25) is 5.54 Å². The van der Waals surface area contributed by atoms with Crippen molar-refractivity contribution in [1.29, 1.82) is 0 Å². The van der Waals surface area contributed by atoms with Crippen LogP contribution in [0.1, 0.15) is 30.6 Å². The van der Waals surface area contributed by atoms with E-state index in [1.807, 2.05) is 0 Å². The van der Waals surface area contributed by atoms with Crippen LogP contribution in [0.15, 0.2) is 18.2 Å². The molecule has 0 aliphatic carbocycles. The van der Waals surface area contributed by atoms with E-state index >= 15 is 0 Å². The molecule has 0 aliphatic heterocycles. The number of carboxylic acid groups (broad SMARTS) is 1. The van der Waals surface area contributed by atoms with Crippen LogP contribution < -0.4 is 5.32 Å². The minimum absolute atomic E-state index is 0.0912. The van der Waals surface area contributed by atoms with E-state index in [-0.39, 0.29) is 11.1 Å². The third-order valence-corrected chi connectivity index (χ3v) is 3.78. The van der Waals surface area contributed by atoms with Crippen LogP contribution in [-0.2, 0) is 11.8 Å². The van der Waals surface area contributed by atoms with Crippen molar-refractivity contribution in [1.82, 2.24) is 20.3 Å². The van der Waals surface area contributed by atoms with Gasteiger partial charge in [-0.3, -0.25) is 4.79 Å². The number of carbonyl (C=O) groups is 2. The minimum atomic E-state index is -5.17. The first-order chi connectivity index (χ1) is 11.5. The lowest BCUT2D eigenvalue weighted by Crippen LogP contribution is -2.64. The summed E-state index contributed by atoms with van der Waals surface area (Å²) in [6.45, 7) is 2.89. The van der Waals surface area contributed by atoms with Crippen molar-refractivity contribution < 1.29 is 27.9 Å². The molecule has 1 amide bonds. The lowest BCUT2D eigenvalue weighted by Gasteiger charge is -2.33. The van der Waals surface area contributed by atoms with Crippen LogP contribution in [0.5, 0.6) is 0 Å². The van der Waals surface area contributed by atoms with Crippen molar-refractivity contribution >= 4 is 22.9 Å². The first kappa shape index (κ1) is 18.7. The number of aryl methyl sites for hydroxylation is 1. The Morgan fingerprint density at radius 3 is 2.48 bits per heavy atom. The highest BCUT2D eigenvalue weighted by Gasteiger charge is 2.62. The first-order valence-electron chi connectivity index (χ1n) is 7.40. The summed E-state index contributed by atoms with van der Waals surface area (Å²) in [7, 11) is 1.56. The summed E-state index contributed by atoms with van der Waals surface area (Å²) in [6, 6.07) is 4.32. The molecule has 0 radical (unpaired) electrons. The van der Waals surface area contributed by atoms with Crippen molar-refractivity contribution in [2.24, 2.45) is 13.0 Å². The van der Waals surface area contributed by atoms with Gasteiger partial charge in [-0.05, 0) is 24.5 Å². The van der Waals surface area contributed by atoms with Gasteiger partial charge in [-0.15, -0.1) is 5.10 Å². The number of benzene rings is 1. The number of aromatic nitrogens is 3. The van der Waals surface area contributed by atoms with E-state index in [1.54, 1.807) is 18.4 Å². The molecule has 1 unspecified atom stereocenters. The monoisotopic (exact) mass is 358 g/mol. The van der Waals surface area contributed by atoms with E-state index in [9.17, 15) is 27.9 Å². The molecule has 1 aromatic carbocycles. The number of hydrogen-bond donors (Lipinski definition) is 2. The molecule has 1 heterocycles. The Morgan fingerprint density at radius 1 is 1.32 bits per heavy atom. The highest BCUT2D eigenvalue weighted by atomic mass is 19.4. The Bertz CT molecular complexity index is 816. The molecule has 2 N–H and O–H groups in total. The molecule has 10 heteroatoms. The molecule has 1 atom stereocenters. The van der Waals surface area contributed by atoms with Gasteiger partial charge < -0.3 is 10.4 Å². The molecular weight excluding hydrogens is 341 g/mol. The fraction of sp³-hybridized carbons (Fsp3) is 0.467. The number of alkyl halides is 3. The third-order valence-electron chi connectivity index (χ3n) is 3.78. The van der Waals surface area contributed by atoms with E-state index in [2.05, 4.69) is 10.3 Å². The Balaban J connectivity index is 2.51. The van der Waals surface area contributed by atoms with Gasteiger partial charge in [0.25, 0.3) is 5.91 Å². The topological polar surface area (TPSA) is 97.1 Å². The minimum Gasteiger partial charge on any atom is -0.479 e. The van der Waals surface area contributed by atoms with Gasteiger partial charge in [0.05, 0.1) is 11.1 Å². The number of amides is 1. The third kappa shape index (κ3) is 3.28. The lowest BCUT2D eigenvalue weighted by molar-refractivity contribution is -0.211. The second kappa shape index (κ2) is 6.34. The number of hydrogen-bond acceptors (Lipinski definition) is 4. The molecule has 25 heavy (non-hydrogen) atoms.